The highest BCUT2D eigenvalue weighted by molar-refractivity contribution is 7.22. The molecule has 1 fully saturated rings. The van der Waals surface area contributed by atoms with E-state index in [0.29, 0.717) is 0 Å². The summed E-state index contributed by atoms with van der Waals surface area (Å²) in [4.78, 5) is 18.6. The van der Waals surface area contributed by atoms with Crippen LogP contribution in [-0.4, -0.2) is 46.0 Å². The van der Waals surface area contributed by atoms with E-state index < -0.39 is 0 Å². The van der Waals surface area contributed by atoms with Crippen LogP contribution in [0.3, 0.4) is 0 Å². The zero-order valence-corrected chi connectivity index (χ0v) is 21.8. The number of aromatic amines is 1. The fourth-order valence-corrected chi connectivity index (χ4v) is 6.25. The van der Waals surface area contributed by atoms with Crippen molar-refractivity contribution in [2.45, 2.75) is 6.54 Å². The fourth-order valence-electron chi connectivity index (χ4n) is 5.19. The monoisotopic (exact) mass is 516 g/mol. The van der Waals surface area contributed by atoms with E-state index in [1.54, 1.807) is 17.7 Å². The Balaban J connectivity index is 1.04. The fraction of sp³-hybridized carbons (Fsp3) is 0.161. The largest absolute Gasteiger partial charge is 0.369 e. The minimum Gasteiger partial charge on any atom is -0.369 e. The van der Waals surface area contributed by atoms with Gasteiger partial charge in [0.2, 0.25) is 0 Å². The van der Waals surface area contributed by atoms with Gasteiger partial charge in [0.1, 0.15) is 6.33 Å². The van der Waals surface area contributed by atoms with E-state index in [2.05, 4.69) is 115 Å². The maximum absolute atomic E-state index is 4.55. The number of nitrogens with zero attached hydrogens (tertiary/aromatic N) is 4. The second kappa shape index (κ2) is 9.93. The lowest BCUT2D eigenvalue weighted by molar-refractivity contribution is 0.250. The van der Waals surface area contributed by atoms with E-state index in [4.69, 9.17) is 0 Å². The Kier molecular flexibility index (Phi) is 6.00. The molecule has 188 valence electrons. The molecular weight excluding hydrogens is 488 g/mol. The number of piperazine rings is 1. The van der Waals surface area contributed by atoms with Crippen LogP contribution in [0.2, 0.25) is 0 Å². The smallest absolute Gasteiger partial charge is 0.151 e. The van der Waals surface area contributed by atoms with E-state index in [1.807, 2.05) is 6.20 Å². The highest BCUT2D eigenvalue weighted by atomic mass is 32.1. The molecule has 0 spiro atoms. The minimum absolute atomic E-state index is 0.840. The van der Waals surface area contributed by atoms with Gasteiger partial charge in [-0.15, -0.1) is 11.3 Å². The summed E-state index contributed by atoms with van der Waals surface area (Å²) in [7, 11) is 0. The quantitative estimate of drug-likeness (QED) is 0.252. The van der Waals surface area contributed by atoms with Crippen LogP contribution < -0.4 is 10.2 Å². The van der Waals surface area contributed by atoms with Crippen molar-refractivity contribution >= 4 is 49.6 Å². The van der Waals surface area contributed by atoms with Gasteiger partial charge in [-0.3, -0.25) is 4.90 Å². The van der Waals surface area contributed by atoms with Gasteiger partial charge in [0, 0.05) is 66.1 Å². The molecule has 1 aliphatic rings. The molecule has 1 saturated heterocycles. The molecule has 0 atom stereocenters. The molecule has 6 nitrogen and oxygen atoms in total. The van der Waals surface area contributed by atoms with E-state index in [-0.39, 0.29) is 0 Å². The van der Waals surface area contributed by atoms with Crippen LogP contribution in [0.25, 0.3) is 31.6 Å². The van der Waals surface area contributed by atoms with Gasteiger partial charge in [-0.1, -0.05) is 42.5 Å². The number of H-pyrrole nitrogens is 1. The number of nitrogens with one attached hydrogen (secondary N) is 2. The number of benzene rings is 3. The highest BCUT2D eigenvalue weighted by Crippen LogP contribution is 2.37. The van der Waals surface area contributed by atoms with Crippen molar-refractivity contribution in [1.29, 1.82) is 0 Å². The zero-order valence-electron chi connectivity index (χ0n) is 21.0. The van der Waals surface area contributed by atoms with Crippen molar-refractivity contribution < 1.29 is 0 Å². The molecule has 3 aromatic carbocycles. The van der Waals surface area contributed by atoms with Gasteiger partial charge in [0.05, 0.1) is 10.2 Å². The van der Waals surface area contributed by atoms with Crippen LogP contribution >= 0.6 is 11.3 Å². The van der Waals surface area contributed by atoms with Gasteiger partial charge < -0.3 is 15.2 Å². The standard InChI is InChI=1S/C31H28N6S/c1-2-4-26(5-3-1)37-16-14-36(15-17-37)20-22-6-8-23(9-7-22)29-19-28-30(38-29)31(34-21-33-28)35-25-10-11-27-24(18-25)12-13-32-27/h1-13,18-19,21,32H,14-17,20H2,(H,33,34,35). The number of hydrogen-bond acceptors (Lipinski definition) is 6. The molecule has 0 saturated carbocycles. The summed E-state index contributed by atoms with van der Waals surface area (Å²) in [5.74, 6) is 0.840. The first-order chi connectivity index (χ1) is 18.8. The zero-order chi connectivity index (χ0) is 25.3. The molecule has 7 heteroatoms. The van der Waals surface area contributed by atoms with Crippen LogP contribution in [-0.2, 0) is 6.54 Å². The molecule has 0 aliphatic carbocycles. The third-order valence-corrected chi connectivity index (χ3v) is 8.45. The Hall–Kier alpha value is -4.20. The van der Waals surface area contributed by atoms with E-state index in [0.717, 1.165) is 60.0 Å². The molecule has 7 rings (SSSR count). The molecule has 0 radical (unpaired) electrons. The number of thiophene rings is 1. The normalized spacial score (nSPS) is 14.4. The summed E-state index contributed by atoms with van der Waals surface area (Å²) in [6.45, 7) is 5.29. The number of aromatic nitrogens is 3. The minimum atomic E-state index is 0.840. The number of hydrogen-bond donors (Lipinski definition) is 2. The lowest BCUT2D eigenvalue weighted by atomic mass is 10.1. The van der Waals surface area contributed by atoms with Crippen molar-refractivity contribution in [3.05, 3.63) is 103 Å². The lowest BCUT2D eigenvalue weighted by Gasteiger charge is -2.36. The summed E-state index contributed by atoms with van der Waals surface area (Å²) in [6.07, 6.45) is 3.59. The summed E-state index contributed by atoms with van der Waals surface area (Å²) in [6, 6.07) is 30.3. The average Bonchev–Trinajstić information content (AvgIpc) is 3.62. The second-order valence-electron chi connectivity index (χ2n) is 9.75. The van der Waals surface area contributed by atoms with Gasteiger partial charge in [-0.25, -0.2) is 9.97 Å². The van der Waals surface area contributed by atoms with Crippen molar-refractivity contribution in [3.63, 3.8) is 0 Å². The Morgan fingerprint density at radius 2 is 1.68 bits per heavy atom. The van der Waals surface area contributed by atoms with Crippen molar-refractivity contribution in [2.24, 2.45) is 0 Å². The maximum Gasteiger partial charge on any atom is 0.151 e. The molecule has 0 amide bonds. The summed E-state index contributed by atoms with van der Waals surface area (Å²) < 4.78 is 1.07. The first kappa shape index (κ1) is 23.0. The SMILES string of the molecule is c1ccc(N2CCN(Cc3ccc(-c4cc5ncnc(Nc6ccc7[nH]ccc7c6)c5s4)cc3)CC2)cc1. The van der Waals surface area contributed by atoms with Gasteiger partial charge in [0.15, 0.2) is 5.82 Å². The topological polar surface area (TPSA) is 60.1 Å². The van der Waals surface area contributed by atoms with Gasteiger partial charge in [-0.2, -0.15) is 0 Å². The molecule has 0 bridgehead atoms. The summed E-state index contributed by atoms with van der Waals surface area (Å²) >= 11 is 1.73. The molecule has 2 N–H and O–H groups in total. The Labute approximate surface area is 225 Å². The Morgan fingerprint density at radius 1 is 0.842 bits per heavy atom. The van der Waals surface area contributed by atoms with Crippen LogP contribution in [0.4, 0.5) is 17.2 Å². The molecule has 0 unspecified atom stereocenters. The third-order valence-electron chi connectivity index (χ3n) is 7.27. The van der Waals surface area contributed by atoms with E-state index >= 15 is 0 Å². The van der Waals surface area contributed by atoms with Crippen LogP contribution in [0.5, 0.6) is 0 Å². The molecule has 4 heterocycles. The predicted molar refractivity (Wildman–Crippen MR) is 158 cm³/mol. The molecular formula is C31H28N6S. The van der Waals surface area contributed by atoms with Crippen molar-refractivity contribution in [3.8, 4) is 10.4 Å². The Morgan fingerprint density at radius 3 is 2.53 bits per heavy atom. The Bertz CT molecular complexity index is 1680. The molecule has 6 aromatic rings. The van der Waals surface area contributed by atoms with E-state index in [1.165, 1.54) is 27.1 Å². The van der Waals surface area contributed by atoms with Crippen LogP contribution in [0, 0.1) is 0 Å². The van der Waals surface area contributed by atoms with Gasteiger partial charge >= 0.3 is 0 Å². The average molecular weight is 517 g/mol. The molecule has 38 heavy (non-hydrogen) atoms. The summed E-state index contributed by atoms with van der Waals surface area (Å²) in [5.41, 5.74) is 6.99. The number of para-hydroxylation sites is 1. The first-order valence-electron chi connectivity index (χ1n) is 13.0. The summed E-state index contributed by atoms with van der Waals surface area (Å²) in [5, 5.41) is 4.67. The number of rotatable bonds is 6. The maximum atomic E-state index is 4.55. The van der Waals surface area contributed by atoms with Gasteiger partial charge in [0.25, 0.3) is 0 Å². The third kappa shape index (κ3) is 4.62. The molecule has 1 aliphatic heterocycles. The lowest BCUT2D eigenvalue weighted by Crippen LogP contribution is -2.45. The van der Waals surface area contributed by atoms with E-state index in [9.17, 15) is 0 Å². The first-order valence-corrected chi connectivity index (χ1v) is 13.8. The van der Waals surface area contributed by atoms with Crippen LogP contribution in [0.15, 0.2) is 97.5 Å². The molecule has 3 aromatic heterocycles. The van der Waals surface area contributed by atoms with Crippen molar-refractivity contribution in [2.75, 3.05) is 36.4 Å². The highest BCUT2D eigenvalue weighted by Gasteiger charge is 2.17. The number of fused-ring (bicyclic) bond motifs is 2. The van der Waals surface area contributed by atoms with Crippen LogP contribution in [0.1, 0.15) is 5.56 Å². The van der Waals surface area contributed by atoms with Gasteiger partial charge in [-0.05, 0) is 53.6 Å². The van der Waals surface area contributed by atoms with Crippen molar-refractivity contribution in [1.82, 2.24) is 19.9 Å². The second-order valence-corrected chi connectivity index (χ2v) is 10.8. The number of anilines is 3. The predicted octanol–water partition coefficient (Wildman–Crippen LogP) is 6.91.